The number of rotatable bonds is 6. The third-order valence-electron chi connectivity index (χ3n) is 3.44. The van der Waals surface area contributed by atoms with Gasteiger partial charge in [-0.25, -0.2) is 0 Å². The summed E-state index contributed by atoms with van der Waals surface area (Å²) in [4.78, 5) is 23.5. The van der Waals surface area contributed by atoms with E-state index in [1.165, 1.54) is 23.1 Å². The van der Waals surface area contributed by atoms with Crippen LogP contribution in [0.4, 0.5) is 5.13 Å². The molecule has 130 valence electrons. The number of aromatic nitrogens is 2. The number of carbonyl (C=O) groups is 2. The highest BCUT2D eigenvalue weighted by Gasteiger charge is 2.35. The minimum Gasteiger partial charge on any atom is -0.465 e. The lowest BCUT2D eigenvalue weighted by atomic mass is 9.82. The molecular formula is C13H21ClN4O3S2. The van der Waals surface area contributed by atoms with Gasteiger partial charge in [0.25, 0.3) is 0 Å². The molecule has 1 aromatic heterocycles. The number of nitrogens with two attached hydrogens (primary N) is 1. The zero-order chi connectivity index (χ0) is 16.0. The van der Waals surface area contributed by atoms with Crippen LogP contribution in [0.1, 0.15) is 39.0 Å². The van der Waals surface area contributed by atoms with Gasteiger partial charge in [0.1, 0.15) is 0 Å². The fourth-order valence-corrected chi connectivity index (χ4v) is 3.82. The summed E-state index contributed by atoms with van der Waals surface area (Å²) in [5.41, 5.74) is 5.36. The van der Waals surface area contributed by atoms with E-state index in [9.17, 15) is 9.59 Å². The summed E-state index contributed by atoms with van der Waals surface area (Å²) in [5.74, 6) is -0.321. The Morgan fingerprint density at radius 2 is 2.04 bits per heavy atom. The Morgan fingerprint density at radius 1 is 1.35 bits per heavy atom. The van der Waals surface area contributed by atoms with Crippen molar-refractivity contribution in [1.29, 1.82) is 0 Å². The molecular weight excluding hydrogens is 360 g/mol. The minimum atomic E-state index is -0.803. The quantitative estimate of drug-likeness (QED) is 0.442. The van der Waals surface area contributed by atoms with Crippen molar-refractivity contribution in [3.8, 4) is 0 Å². The molecule has 0 spiro atoms. The molecule has 0 bridgehead atoms. The molecule has 1 saturated carbocycles. The van der Waals surface area contributed by atoms with Crippen LogP contribution < -0.4 is 11.1 Å². The van der Waals surface area contributed by atoms with Gasteiger partial charge in [0.15, 0.2) is 4.34 Å². The van der Waals surface area contributed by atoms with Gasteiger partial charge >= 0.3 is 5.97 Å². The number of anilines is 1. The van der Waals surface area contributed by atoms with Gasteiger partial charge in [0, 0.05) is 0 Å². The number of thioether (sulfide) groups is 1. The number of esters is 1. The van der Waals surface area contributed by atoms with Crippen LogP contribution in [-0.4, -0.2) is 40.0 Å². The van der Waals surface area contributed by atoms with Crippen LogP contribution in [0, 0.1) is 0 Å². The largest absolute Gasteiger partial charge is 0.465 e. The van der Waals surface area contributed by atoms with E-state index in [4.69, 9.17) is 10.5 Å². The Hall–Kier alpha value is -0.900. The summed E-state index contributed by atoms with van der Waals surface area (Å²) in [6.07, 6.45) is 4.46. The normalized spacial score (nSPS) is 16.3. The van der Waals surface area contributed by atoms with Crippen molar-refractivity contribution in [2.24, 2.45) is 5.73 Å². The van der Waals surface area contributed by atoms with E-state index in [0.717, 1.165) is 19.3 Å². The van der Waals surface area contributed by atoms with Crippen LogP contribution in [0.5, 0.6) is 0 Å². The number of nitrogens with zero attached hydrogens (tertiary/aromatic N) is 2. The van der Waals surface area contributed by atoms with Crippen LogP contribution >= 0.6 is 35.5 Å². The molecule has 0 atom stereocenters. The summed E-state index contributed by atoms with van der Waals surface area (Å²) >= 11 is 2.47. The second-order valence-corrected chi connectivity index (χ2v) is 7.34. The van der Waals surface area contributed by atoms with E-state index in [1.807, 2.05) is 0 Å². The van der Waals surface area contributed by atoms with Gasteiger partial charge in [-0.2, -0.15) is 0 Å². The standard InChI is InChI=1S/C13H20N4O3S2.ClH/c1-2-20-9(18)8-21-12-17-16-11(22-12)15-10(19)13(14)6-4-3-5-7-13;/h2-8,14H2,1H3,(H,15,16,19);1H. The molecule has 3 N–H and O–H groups in total. The first kappa shape index (κ1) is 20.1. The molecule has 0 unspecified atom stereocenters. The van der Waals surface area contributed by atoms with Crippen molar-refractivity contribution in [2.75, 3.05) is 17.7 Å². The molecule has 10 heteroatoms. The topological polar surface area (TPSA) is 107 Å². The minimum absolute atomic E-state index is 0. The van der Waals surface area contributed by atoms with Crippen molar-refractivity contribution >= 4 is 52.5 Å². The van der Waals surface area contributed by atoms with Crippen LogP contribution in [0.15, 0.2) is 4.34 Å². The van der Waals surface area contributed by atoms with Gasteiger partial charge in [-0.1, -0.05) is 42.4 Å². The maximum atomic E-state index is 12.3. The number of hydrogen-bond donors (Lipinski definition) is 2. The summed E-state index contributed by atoms with van der Waals surface area (Å²) in [5, 5.41) is 11.0. The maximum absolute atomic E-state index is 12.3. The molecule has 2 rings (SSSR count). The Kier molecular flexibility index (Phi) is 8.24. The molecule has 1 aliphatic carbocycles. The molecule has 0 aromatic carbocycles. The average Bonchev–Trinajstić information content (AvgIpc) is 2.94. The van der Waals surface area contributed by atoms with Crippen molar-refractivity contribution in [1.82, 2.24) is 10.2 Å². The first-order chi connectivity index (χ1) is 10.5. The third kappa shape index (κ3) is 5.91. The Balaban J connectivity index is 0.00000264. The first-order valence-electron chi connectivity index (χ1n) is 7.26. The number of halogens is 1. The van der Waals surface area contributed by atoms with Crippen LogP contribution in [0.2, 0.25) is 0 Å². The summed E-state index contributed by atoms with van der Waals surface area (Å²) < 4.78 is 5.45. The fraction of sp³-hybridized carbons (Fsp3) is 0.692. The lowest BCUT2D eigenvalue weighted by Crippen LogP contribution is -2.52. The number of hydrogen-bond acceptors (Lipinski definition) is 8. The molecule has 0 radical (unpaired) electrons. The number of amides is 1. The highest BCUT2D eigenvalue weighted by atomic mass is 35.5. The maximum Gasteiger partial charge on any atom is 0.316 e. The van der Waals surface area contributed by atoms with Gasteiger partial charge in [0.2, 0.25) is 11.0 Å². The summed E-state index contributed by atoms with van der Waals surface area (Å²) in [6.45, 7) is 2.12. The molecule has 0 saturated heterocycles. The van der Waals surface area contributed by atoms with Crippen molar-refractivity contribution in [3.05, 3.63) is 0 Å². The summed E-state index contributed by atoms with van der Waals surface area (Å²) in [6, 6.07) is 0. The molecule has 23 heavy (non-hydrogen) atoms. The molecule has 7 nitrogen and oxygen atoms in total. The van der Waals surface area contributed by atoms with Gasteiger partial charge in [-0.3, -0.25) is 14.9 Å². The molecule has 1 fully saturated rings. The van der Waals surface area contributed by atoms with E-state index >= 15 is 0 Å². The van der Waals surface area contributed by atoms with E-state index in [-0.39, 0.29) is 30.0 Å². The monoisotopic (exact) mass is 380 g/mol. The SMILES string of the molecule is CCOC(=O)CSc1nnc(NC(=O)C2(N)CCCCC2)s1.Cl. The molecule has 1 aliphatic rings. The van der Waals surface area contributed by atoms with Gasteiger partial charge < -0.3 is 10.5 Å². The van der Waals surface area contributed by atoms with E-state index in [2.05, 4.69) is 15.5 Å². The fourth-order valence-electron chi connectivity index (χ4n) is 2.27. The van der Waals surface area contributed by atoms with Crippen molar-refractivity contribution in [2.45, 2.75) is 48.9 Å². The van der Waals surface area contributed by atoms with E-state index in [0.29, 0.717) is 28.9 Å². The predicted octanol–water partition coefficient (Wildman–Crippen LogP) is 2.22. The third-order valence-corrected chi connectivity index (χ3v) is 5.39. The zero-order valence-corrected chi connectivity index (χ0v) is 15.3. The number of nitrogens with one attached hydrogen (secondary N) is 1. The van der Waals surface area contributed by atoms with Gasteiger partial charge in [-0.15, -0.1) is 22.6 Å². The molecule has 0 aliphatic heterocycles. The lowest BCUT2D eigenvalue weighted by Gasteiger charge is -2.31. The second-order valence-electron chi connectivity index (χ2n) is 5.14. The highest BCUT2D eigenvalue weighted by molar-refractivity contribution is 8.01. The Morgan fingerprint density at radius 3 is 2.70 bits per heavy atom. The Bertz CT molecular complexity index is 535. The second kappa shape index (κ2) is 9.41. The lowest BCUT2D eigenvalue weighted by molar-refractivity contribution is -0.139. The van der Waals surface area contributed by atoms with Crippen LogP contribution in [-0.2, 0) is 14.3 Å². The average molecular weight is 381 g/mol. The molecule has 1 aromatic rings. The number of ether oxygens (including phenoxy) is 1. The first-order valence-corrected chi connectivity index (χ1v) is 9.06. The van der Waals surface area contributed by atoms with E-state index in [1.54, 1.807) is 6.92 Å². The number of carbonyl (C=O) groups excluding carboxylic acids is 2. The van der Waals surface area contributed by atoms with Gasteiger partial charge in [0.05, 0.1) is 17.9 Å². The zero-order valence-electron chi connectivity index (χ0n) is 12.9. The van der Waals surface area contributed by atoms with Crippen molar-refractivity contribution in [3.63, 3.8) is 0 Å². The predicted molar refractivity (Wildman–Crippen MR) is 93.1 cm³/mol. The van der Waals surface area contributed by atoms with E-state index < -0.39 is 5.54 Å². The van der Waals surface area contributed by atoms with Crippen LogP contribution in [0.3, 0.4) is 0 Å². The molecule has 1 amide bonds. The van der Waals surface area contributed by atoms with Crippen LogP contribution in [0.25, 0.3) is 0 Å². The summed E-state index contributed by atoms with van der Waals surface area (Å²) in [7, 11) is 0. The highest BCUT2D eigenvalue weighted by Crippen LogP contribution is 2.29. The van der Waals surface area contributed by atoms with Crippen molar-refractivity contribution < 1.29 is 14.3 Å². The van der Waals surface area contributed by atoms with Gasteiger partial charge in [-0.05, 0) is 19.8 Å². The Labute approximate surface area is 149 Å². The smallest absolute Gasteiger partial charge is 0.316 e. The molecule has 1 heterocycles.